The molecule has 0 atom stereocenters. The largest absolute Gasteiger partial charge is 0.269 e. The van der Waals surface area contributed by atoms with E-state index in [-0.39, 0.29) is 0 Å². The summed E-state index contributed by atoms with van der Waals surface area (Å²) < 4.78 is 1.95. The van der Waals surface area contributed by atoms with Crippen LogP contribution >= 0.6 is 11.6 Å². The number of rotatable bonds is 4. The maximum atomic E-state index is 6.13. The molecule has 2 aromatic rings. The second kappa shape index (κ2) is 5.32. The smallest absolute Gasteiger partial charge is 0.229 e. The molecule has 17 heavy (non-hydrogen) atoms. The zero-order chi connectivity index (χ0) is 12.3. The van der Waals surface area contributed by atoms with E-state index in [2.05, 4.69) is 36.2 Å². The van der Waals surface area contributed by atoms with Gasteiger partial charge in [0.2, 0.25) is 5.28 Å². The fourth-order valence-corrected chi connectivity index (χ4v) is 2.17. The fraction of sp³-hybridized carbons (Fsp3) is 0.385. The minimum atomic E-state index is 0.439. The number of hydrogen-bond donors (Lipinski definition) is 0. The molecule has 0 aliphatic carbocycles. The van der Waals surface area contributed by atoms with Gasteiger partial charge in [0.05, 0.1) is 5.69 Å². The van der Waals surface area contributed by atoms with Crippen LogP contribution in [0, 0.1) is 0 Å². The van der Waals surface area contributed by atoms with Gasteiger partial charge in [-0.1, -0.05) is 32.0 Å². The Hall–Kier alpha value is -1.35. The molecule has 0 unspecified atom stereocenters. The number of benzene rings is 1. The Kier molecular flexibility index (Phi) is 3.79. The van der Waals surface area contributed by atoms with Crippen molar-refractivity contribution in [3.63, 3.8) is 0 Å². The summed E-state index contributed by atoms with van der Waals surface area (Å²) in [5.41, 5.74) is 2.35. The van der Waals surface area contributed by atoms with E-state index in [1.54, 1.807) is 0 Å². The Balaban J connectivity index is 2.55. The molecule has 0 spiro atoms. The second-order valence-electron chi connectivity index (χ2n) is 3.95. The molecule has 1 heterocycles. The number of hydrogen-bond acceptors (Lipinski definition) is 2. The highest BCUT2D eigenvalue weighted by atomic mass is 35.5. The molecule has 0 bridgehead atoms. The van der Waals surface area contributed by atoms with Crippen molar-refractivity contribution in [2.45, 2.75) is 33.1 Å². The molecule has 0 fully saturated rings. The lowest BCUT2D eigenvalue weighted by Crippen LogP contribution is -2.04. The summed E-state index contributed by atoms with van der Waals surface area (Å²) in [4.78, 5) is 0. The van der Waals surface area contributed by atoms with Crippen molar-refractivity contribution in [3.05, 3.63) is 40.9 Å². The Bertz CT molecular complexity index is 505. The van der Waals surface area contributed by atoms with Gasteiger partial charge in [0.1, 0.15) is 5.82 Å². The molecule has 0 radical (unpaired) electrons. The van der Waals surface area contributed by atoms with Gasteiger partial charge in [0.25, 0.3) is 0 Å². The molecular weight excluding hydrogens is 234 g/mol. The van der Waals surface area contributed by atoms with Gasteiger partial charge in [0, 0.05) is 6.42 Å². The zero-order valence-corrected chi connectivity index (χ0v) is 10.9. The van der Waals surface area contributed by atoms with E-state index in [0.29, 0.717) is 5.28 Å². The van der Waals surface area contributed by atoms with Gasteiger partial charge in [-0.3, -0.25) is 4.57 Å². The molecule has 0 saturated heterocycles. The molecule has 0 amide bonds. The van der Waals surface area contributed by atoms with Crippen molar-refractivity contribution < 1.29 is 0 Å². The molecule has 3 nitrogen and oxygen atoms in total. The minimum absolute atomic E-state index is 0.439. The third-order valence-electron chi connectivity index (χ3n) is 2.78. The Labute approximate surface area is 106 Å². The molecular formula is C13H16ClN3. The van der Waals surface area contributed by atoms with Gasteiger partial charge in [-0.25, -0.2) is 0 Å². The van der Waals surface area contributed by atoms with Gasteiger partial charge in [0.15, 0.2) is 0 Å². The van der Waals surface area contributed by atoms with Crippen LogP contribution < -0.4 is 0 Å². The fourth-order valence-electron chi connectivity index (χ4n) is 1.95. The van der Waals surface area contributed by atoms with Crippen LogP contribution in [0.25, 0.3) is 5.69 Å². The van der Waals surface area contributed by atoms with Crippen molar-refractivity contribution in [3.8, 4) is 5.69 Å². The quantitative estimate of drug-likeness (QED) is 0.831. The van der Waals surface area contributed by atoms with E-state index < -0.39 is 0 Å². The van der Waals surface area contributed by atoms with Crippen molar-refractivity contribution in [2.75, 3.05) is 0 Å². The molecule has 0 aliphatic rings. The summed E-state index contributed by atoms with van der Waals surface area (Å²) in [5.74, 6) is 0.929. The summed E-state index contributed by atoms with van der Waals surface area (Å²) in [6, 6.07) is 8.23. The molecule has 0 saturated carbocycles. The summed E-state index contributed by atoms with van der Waals surface area (Å²) in [5, 5.41) is 8.54. The number of para-hydroxylation sites is 1. The van der Waals surface area contributed by atoms with Gasteiger partial charge in [-0.2, -0.15) is 0 Å². The van der Waals surface area contributed by atoms with Crippen LogP contribution in [-0.4, -0.2) is 14.8 Å². The maximum absolute atomic E-state index is 6.13. The molecule has 90 valence electrons. The lowest BCUT2D eigenvalue weighted by atomic mass is 10.1. The van der Waals surface area contributed by atoms with Crippen LogP contribution in [0.3, 0.4) is 0 Å². The summed E-state index contributed by atoms with van der Waals surface area (Å²) in [6.07, 6.45) is 2.89. The third kappa shape index (κ3) is 2.34. The van der Waals surface area contributed by atoms with Crippen LogP contribution in [0.4, 0.5) is 0 Å². The average molecular weight is 250 g/mol. The predicted octanol–water partition coefficient (Wildman–Crippen LogP) is 3.44. The molecule has 4 heteroatoms. The maximum Gasteiger partial charge on any atom is 0.229 e. The van der Waals surface area contributed by atoms with Crippen LogP contribution in [0.1, 0.15) is 31.7 Å². The van der Waals surface area contributed by atoms with Crippen molar-refractivity contribution >= 4 is 11.6 Å². The van der Waals surface area contributed by atoms with E-state index in [1.807, 2.05) is 16.7 Å². The van der Waals surface area contributed by atoms with Crippen molar-refractivity contribution in [1.29, 1.82) is 0 Å². The standard InChI is InChI=1S/C13H16ClN3/c1-3-7-12-15-16-13(14)17(12)11-9-6-5-8-10(11)4-2/h5-6,8-9H,3-4,7H2,1-2H3. The van der Waals surface area contributed by atoms with Gasteiger partial charge in [-0.15, -0.1) is 10.2 Å². The zero-order valence-electron chi connectivity index (χ0n) is 10.2. The molecule has 0 aliphatic heterocycles. The minimum Gasteiger partial charge on any atom is -0.269 e. The van der Waals surface area contributed by atoms with Gasteiger partial charge >= 0.3 is 0 Å². The monoisotopic (exact) mass is 249 g/mol. The van der Waals surface area contributed by atoms with Crippen LogP contribution in [-0.2, 0) is 12.8 Å². The highest BCUT2D eigenvalue weighted by molar-refractivity contribution is 6.28. The summed E-state index contributed by atoms with van der Waals surface area (Å²) in [6.45, 7) is 4.26. The highest BCUT2D eigenvalue weighted by Crippen LogP contribution is 2.21. The normalized spacial score (nSPS) is 10.8. The topological polar surface area (TPSA) is 30.7 Å². The van der Waals surface area contributed by atoms with E-state index in [9.17, 15) is 0 Å². The SMILES string of the molecule is CCCc1nnc(Cl)n1-c1ccccc1CC. The highest BCUT2D eigenvalue weighted by Gasteiger charge is 2.13. The van der Waals surface area contributed by atoms with Crippen molar-refractivity contribution in [1.82, 2.24) is 14.8 Å². The van der Waals surface area contributed by atoms with Crippen molar-refractivity contribution in [2.24, 2.45) is 0 Å². The molecule has 2 rings (SSSR count). The van der Waals surface area contributed by atoms with E-state index >= 15 is 0 Å². The second-order valence-corrected chi connectivity index (χ2v) is 4.29. The number of halogens is 1. The van der Waals surface area contributed by atoms with E-state index in [1.165, 1.54) is 5.56 Å². The Morgan fingerprint density at radius 3 is 2.65 bits per heavy atom. The number of aromatic nitrogens is 3. The first-order chi connectivity index (χ1) is 8.27. The summed E-state index contributed by atoms with van der Waals surface area (Å²) in [7, 11) is 0. The first-order valence-corrected chi connectivity index (χ1v) is 6.33. The number of nitrogens with zero attached hydrogens (tertiary/aromatic N) is 3. The molecule has 0 N–H and O–H groups in total. The Morgan fingerprint density at radius 2 is 1.94 bits per heavy atom. The molecule has 1 aromatic heterocycles. The van der Waals surface area contributed by atoms with E-state index in [4.69, 9.17) is 11.6 Å². The Morgan fingerprint density at radius 1 is 1.18 bits per heavy atom. The number of aryl methyl sites for hydroxylation is 2. The van der Waals surface area contributed by atoms with Gasteiger partial charge < -0.3 is 0 Å². The summed E-state index contributed by atoms with van der Waals surface area (Å²) >= 11 is 6.13. The average Bonchev–Trinajstić information content (AvgIpc) is 2.71. The van der Waals surface area contributed by atoms with Gasteiger partial charge in [-0.05, 0) is 36.1 Å². The lowest BCUT2D eigenvalue weighted by Gasteiger charge is -2.11. The third-order valence-corrected chi connectivity index (χ3v) is 3.02. The van der Waals surface area contributed by atoms with Crippen LogP contribution in [0.5, 0.6) is 0 Å². The first-order valence-electron chi connectivity index (χ1n) is 5.96. The van der Waals surface area contributed by atoms with E-state index in [0.717, 1.165) is 30.8 Å². The predicted molar refractivity (Wildman–Crippen MR) is 69.7 cm³/mol. The van der Waals surface area contributed by atoms with Crippen LogP contribution in [0.15, 0.2) is 24.3 Å². The lowest BCUT2D eigenvalue weighted by molar-refractivity contribution is 0.799. The molecule has 1 aromatic carbocycles. The first kappa shape index (κ1) is 12.1. The van der Waals surface area contributed by atoms with Crippen LogP contribution in [0.2, 0.25) is 5.28 Å².